The Hall–Kier alpha value is -0.450. The fourth-order valence-corrected chi connectivity index (χ4v) is 0.843. The van der Waals surface area contributed by atoms with Crippen molar-refractivity contribution in [3.63, 3.8) is 0 Å². The van der Waals surface area contributed by atoms with Crippen LogP contribution in [0.25, 0.3) is 0 Å². The molecular weight excluding hydrogens is 184 g/mol. The first kappa shape index (κ1) is 13.5. The van der Waals surface area contributed by atoms with Crippen molar-refractivity contribution in [3.05, 3.63) is 0 Å². The number of ketones is 1. The third-order valence-corrected chi connectivity index (χ3v) is 1.61. The van der Waals surface area contributed by atoms with E-state index in [9.17, 15) is 4.79 Å². The van der Waals surface area contributed by atoms with Crippen LogP contribution in [0.1, 0.15) is 19.8 Å². The van der Waals surface area contributed by atoms with Crippen LogP contribution < -0.4 is 0 Å². The summed E-state index contributed by atoms with van der Waals surface area (Å²) in [5.41, 5.74) is 0. The molecule has 0 aliphatic carbocycles. The summed E-state index contributed by atoms with van der Waals surface area (Å²) >= 11 is 0. The molecule has 0 aliphatic rings. The Morgan fingerprint density at radius 2 is 1.64 bits per heavy atom. The van der Waals surface area contributed by atoms with Gasteiger partial charge >= 0.3 is 0 Å². The summed E-state index contributed by atoms with van der Waals surface area (Å²) in [6, 6.07) is 0. The normalized spacial score (nSPS) is 10.4. The maximum Gasteiger partial charge on any atom is 0.132 e. The van der Waals surface area contributed by atoms with E-state index < -0.39 is 0 Å². The maximum atomic E-state index is 10.5. The zero-order chi connectivity index (χ0) is 10.6. The van der Waals surface area contributed by atoms with E-state index in [4.69, 9.17) is 14.2 Å². The number of hydrogen-bond acceptors (Lipinski definition) is 4. The van der Waals surface area contributed by atoms with Crippen LogP contribution in [0.4, 0.5) is 0 Å². The Kier molecular flexibility index (Phi) is 10.3. The molecule has 0 rings (SSSR count). The van der Waals surface area contributed by atoms with Gasteiger partial charge < -0.3 is 14.2 Å². The van der Waals surface area contributed by atoms with Crippen LogP contribution in [0.15, 0.2) is 0 Å². The predicted molar refractivity (Wildman–Crippen MR) is 53.4 cm³/mol. The Labute approximate surface area is 85.5 Å². The Bertz CT molecular complexity index is 136. The zero-order valence-corrected chi connectivity index (χ0v) is 9.08. The van der Waals surface area contributed by atoms with Gasteiger partial charge in [-0.15, -0.1) is 0 Å². The molecule has 0 amide bonds. The first-order valence-electron chi connectivity index (χ1n) is 4.91. The van der Waals surface area contributed by atoms with Gasteiger partial charge in [0.15, 0.2) is 0 Å². The number of methoxy groups -OCH3 is 1. The van der Waals surface area contributed by atoms with E-state index in [0.717, 1.165) is 13.0 Å². The van der Waals surface area contributed by atoms with Crippen LogP contribution >= 0.6 is 0 Å². The Morgan fingerprint density at radius 3 is 2.21 bits per heavy atom. The van der Waals surface area contributed by atoms with Crippen molar-refractivity contribution in [1.29, 1.82) is 0 Å². The summed E-state index contributed by atoms with van der Waals surface area (Å²) < 4.78 is 15.3. The highest BCUT2D eigenvalue weighted by Crippen LogP contribution is 1.87. The molecule has 0 spiro atoms. The molecule has 0 aliphatic heterocycles. The maximum absolute atomic E-state index is 10.5. The molecule has 0 aromatic carbocycles. The van der Waals surface area contributed by atoms with E-state index >= 15 is 0 Å². The SMILES string of the molecule is COCCCOCCOCCC(C)=O. The first-order chi connectivity index (χ1) is 6.77. The fourth-order valence-electron chi connectivity index (χ4n) is 0.843. The molecule has 14 heavy (non-hydrogen) atoms. The fraction of sp³-hybridized carbons (Fsp3) is 0.900. The number of carbonyl (C=O) groups excluding carboxylic acids is 1. The summed E-state index contributed by atoms with van der Waals surface area (Å²) in [5.74, 6) is 0.158. The monoisotopic (exact) mass is 204 g/mol. The van der Waals surface area contributed by atoms with Crippen molar-refractivity contribution in [1.82, 2.24) is 0 Å². The standard InChI is InChI=1S/C10H20O4/c1-10(11)4-7-14-9-8-13-6-3-5-12-2/h3-9H2,1-2H3. The molecule has 4 nitrogen and oxygen atoms in total. The summed E-state index contributed by atoms with van der Waals surface area (Å²) in [6.07, 6.45) is 1.40. The quantitative estimate of drug-likeness (QED) is 0.499. The lowest BCUT2D eigenvalue weighted by Crippen LogP contribution is -2.08. The highest BCUT2D eigenvalue weighted by molar-refractivity contribution is 5.75. The molecule has 0 heterocycles. The van der Waals surface area contributed by atoms with Gasteiger partial charge in [-0.05, 0) is 13.3 Å². The molecule has 0 saturated carbocycles. The Balaban J connectivity index is 2.88. The van der Waals surface area contributed by atoms with Crippen LogP contribution in [-0.2, 0) is 19.0 Å². The second kappa shape index (κ2) is 10.6. The molecule has 0 fully saturated rings. The average molecular weight is 204 g/mol. The van der Waals surface area contributed by atoms with E-state index in [-0.39, 0.29) is 5.78 Å². The van der Waals surface area contributed by atoms with Crippen molar-refractivity contribution < 1.29 is 19.0 Å². The van der Waals surface area contributed by atoms with Crippen LogP contribution in [0.5, 0.6) is 0 Å². The highest BCUT2D eigenvalue weighted by Gasteiger charge is 1.93. The minimum atomic E-state index is 0.158. The van der Waals surface area contributed by atoms with Gasteiger partial charge in [0, 0.05) is 26.7 Å². The van der Waals surface area contributed by atoms with E-state index in [2.05, 4.69) is 0 Å². The molecule has 0 N–H and O–H groups in total. The zero-order valence-electron chi connectivity index (χ0n) is 9.08. The minimum absolute atomic E-state index is 0.158. The van der Waals surface area contributed by atoms with Crippen LogP contribution in [0.3, 0.4) is 0 Å². The van der Waals surface area contributed by atoms with Gasteiger partial charge in [-0.3, -0.25) is 4.79 Å². The lowest BCUT2D eigenvalue weighted by molar-refractivity contribution is -0.118. The Morgan fingerprint density at radius 1 is 1.00 bits per heavy atom. The summed E-state index contributed by atoms with van der Waals surface area (Å²) in [4.78, 5) is 10.5. The molecular formula is C10H20O4. The van der Waals surface area contributed by atoms with Gasteiger partial charge in [0.1, 0.15) is 5.78 Å². The third kappa shape index (κ3) is 11.6. The number of carbonyl (C=O) groups is 1. The summed E-state index contributed by atoms with van der Waals surface area (Å²) in [7, 11) is 1.67. The molecule has 0 atom stereocenters. The van der Waals surface area contributed by atoms with Gasteiger partial charge in [0.2, 0.25) is 0 Å². The van der Waals surface area contributed by atoms with Crippen molar-refractivity contribution >= 4 is 5.78 Å². The lowest BCUT2D eigenvalue weighted by Gasteiger charge is -2.04. The summed E-state index contributed by atoms with van der Waals surface area (Å²) in [6.45, 7) is 4.62. The third-order valence-electron chi connectivity index (χ3n) is 1.61. The van der Waals surface area contributed by atoms with Gasteiger partial charge in [0.05, 0.1) is 19.8 Å². The number of Topliss-reactive ketones (excluding diaryl/α,β-unsaturated/α-hetero) is 1. The molecule has 84 valence electrons. The second-order valence-electron chi connectivity index (χ2n) is 3.02. The van der Waals surface area contributed by atoms with E-state index in [1.807, 2.05) is 0 Å². The van der Waals surface area contributed by atoms with Crippen molar-refractivity contribution in [3.8, 4) is 0 Å². The van der Waals surface area contributed by atoms with E-state index in [0.29, 0.717) is 32.8 Å². The lowest BCUT2D eigenvalue weighted by atomic mass is 10.3. The van der Waals surface area contributed by atoms with E-state index in [1.54, 1.807) is 14.0 Å². The van der Waals surface area contributed by atoms with Gasteiger partial charge in [-0.2, -0.15) is 0 Å². The van der Waals surface area contributed by atoms with Crippen molar-refractivity contribution in [2.45, 2.75) is 19.8 Å². The number of rotatable bonds is 10. The van der Waals surface area contributed by atoms with Crippen molar-refractivity contribution in [2.24, 2.45) is 0 Å². The second-order valence-corrected chi connectivity index (χ2v) is 3.02. The highest BCUT2D eigenvalue weighted by atomic mass is 16.5. The largest absolute Gasteiger partial charge is 0.385 e. The predicted octanol–water partition coefficient (Wildman–Crippen LogP) is 1.04. The molecule has 0 bridgehead atoms. The average Bonchev–Trinajstić information content (AvgIpc) is 2.15. The molecule has 0 aromatic rings. The topological polar surface area (TPSA) is 44.8 Å². The van der Waals surface area contributed by atoms with E-state index in [1.165, 1.54) is 0 Å². The molecule has 0 aromatic heterocycles. The first-order valence-corrected chi connectivity index (χ1v) is 4.91. The smallest absolute Gasteiger partial charge is 0.132 e. The van der Waals surface area contributed by atoms with Gasteiger partial charge in [0.25, 0.3) is 0 Å². The number of ether oxygens (including phenoxy) is 3. The molecule has 4 heteroatoms. The van der Waals surface area contributed by atoms with Crippen molar-refractivity contribution in [2.75, 3.05) is 40.1 Å². The summed E-state index contributed by atoms with van der Waals surface area (Å²) in [5, 5.41) is 0. The van der Waals surface area contributed by atoms with Crippen LogP contribution in [-0.4, -0.2) is 45.9 Å². The molecule has 0 unspecified atom stereocenters. The van der Waals surface area contributed by atoms with Crippen LogP contribution in [0.2, 0.25) is 0 Å². The minimum Gasteiger partial charge on any atom is -0.385 e. The number of hydrogen-bond donors (Lipinski definition) is 0. The van der Waals surface area contributed by atoms with Crippen LogP contribution in [0, 0.1) is 0 Å². The molecule has 0 saturated heterocycles. The molecule has 0 radical (unpaired) electrons. The van der Waals surface area contributed by atoms with Gasteiger partial charge in [-0.25, -0.2) is 0 Å². The van der Waals surface area contributed by atoms with Gasteiger partial charge in [-0.1, -0.05) is 0 Å².